The molecule has 2 amide bonds. The summed E-state index contributed by atoms with van der Waals surface area (Å²) >= 11 is 5.99. The zero-order valence-electron chi connectivity index (χ0n) is 19.6. The molecule has 2 heterocycles. The molecular formula is C27H23ClFN5O3. The maximum absolute atomic E-state index is 13.5. The van der Waals surface area contributed by atoms with Gasteiger partial charge in [0, 0.05) is 36.0 Å². The lowest BCUT2D eigenvalue weighted by atomic mass is 9.82. The summed E-state index contributed by atoms with van der Waals surface area (Å²) in [5.41, 5.74) is 2.79. The minimum absolute atomic E-state index is 0.0746. The summed E-state index contributed by atoms with van der Waals surface area (Å²) in [5.74, 6) is -0.759. The number of halogens is 2. The summed E-state index contributed by atoms with van der Waals surface area (Å²) in [6.45, 7) is 0.149. The Bertz CT molecular complexity index is 1480. The highest BCUT2D eigenvalue weighted by Crippen LogP contribution is 2.39. The van der Waals surface area contributed by atoms with Gasteiger partial charge in [0.25, 0.3) is 5.91 Å². The van der Waals surface area contributed by atoms with Gasteiger partial charge in [-0.05, 0) is 60.9 Å². The Morgan fingerprint density at radius 1 is 1.11 bits per heavy atom. The number of phenolic OH excluding ortho intramolecular Hbond substituents is 1. The second-order valence-corrected chi connectivity index (χ2v) is 9.17. The van der Waals surface area contributed by atoms with Crippen LogP contribution >= 0.6 is 11.6 Å². The third-order valence-corrected chi connectivity index (χ3v) is 6.62. The number of phenols is 1. The molecule has 188 valence electrons. The van der Waals surface area contributed by atoms with Gasteiger partial charge in [0.05, 0.1) is 17.0 Å². The monoisotopic (exact) mass is 519 g/mol. The van der Waals surface area contributed by atoms with Crippen molar-refractivity contribution in [2.24, 2.45) is 0 Å². The maximum atomic E-state index is 13.5. The van der Waals surface area contributed by atoms with E-state index in [1.165, 1.54) is 29.1 Å². The van der Waals surface area contributed by atoms with Crippen molar-refractivity contribution < 1.29 is 19.1 Å². The molecule has 3 N–H and O–H groups in total. The van der Waals surface area contributed by atoms with Crippen LogP contribution in [0.2, 0.25) is 5.15 Å². The topological polar surface area (TPSA) is 109 Å². The predicted octanol–water partition coefficient (Wildman–Crippen LogP) is 5.72. The molecule has 2 aromatic carbocycles. The van der Waals surface area contributed by atoms with Gasteiger partial charge in [0.2, 0.25) is 0 Å². The van der Waals surface area contributed by atoms with Gasteiger partial charge in [-0.3, -0.25) is 4.79 Å². The average molecular weight is 520 g/mol. The number of anilines is 1. The molecule has 8 nitrogen and oxygen atoms in total. The van der Waals surface area contributed by atoms with Crippen molar-refractivity contribution in [1.82, 2.24) is 20.1 Å². The van der Waals surface area contributed by atoms with E-state index in [1.54, 1.807) is 42.5 Å². The molecule has 37 heavy (non-hydrogen) atoms. The Morgan fingerprint density at radius 3 is 2.65 bits per heavy atom. The van der Waals surface area contributed by atoms with Gasteiger partial charge in [0.1, 0.15) is 16.7 Å². The van der Waals surface area contributed by atoms with Crippen LogP contribution in [0.15, 0.2) is 66.9 Å². The fourth-order valence-electron chi connectivity index (χ4n) is 4.16. The standard InChI is InChI=1S/C27H23ClFN5O3/c28-25-21(8-3-11-30-25)26(36)32-19-9-10-20(24(35)13-19)22-14-23(17-5-2-6-17)34(33-22)27(37)31-15-16-4-1-7-18(29)12-16/h1,3-4,7-14,17,35H,2,5-6,15H2,(H,31,37)(H,32,36). The first-order chi connectivity index (χ1) is 17.9. The van der Waals surface area contributed by atoms with E-state index in [0.29, 0.717) is 22.5 Å². The van der Waals surface area contributed by atoms with Crippen LogP contribution in [0.3, 0.4) is 0 Å². The molecule has 1 fully saturated rings. The molecule has 5 rings (SSSR count). The third-order valence-electron chi connectivity index (χ3n) is 6.32. The maximum Gasteiger partial charge on any atom is 0.342 e. The molecule has 0 spiro atoms. The first kappa shape index (κ1) is 24.5. The van der Waals surface area contributed by atoms with Crippen molar-refractivity contribution in [3.05, 3.63) is 94.7 Å². The molecule has 0 aliphatic heterocycles. The van der Waals surface area contributed by atoms with E-state index in [2.05, 4.69) is 20.7 Å². The lowest BCUT2D eigenvalue weighted by Gasteiger charge is -2.25. The van der Waals surface area contributed by atoms with Crippen LogP contribution in [0.25, 0.3) is 11.3 Å². The van der Waals surface area contributed by atoms with Crippen LogP contribution in [-0.4, -0.2) is 31.8 Å². The number of aromatic nitrogens is 3. The van der Waals surface area contributed by atoms with Crippen LogP contribution in [0.5, 0.6) is 5.75 Å². The number of hydrogen-bond donors (Lipinski definition) is 3. The molecule has 10 heteroatoms. The largest absolute Gasteiger partial charge is 0.507 e. The number of carbonyl (C=O) groups excluding carboxylic acids is 2. The number of rotatable bonds is 6. The second kappa shape index (κ2) is 10.4. The average Bonchev–Trinajstić information content (AvgIpc) is 3.26. The Kier molecular flexibility index (Phi) is 6.87. The van der Waals surface area contributed by atoms with E-state index >= 15 is 0 Å². The predicted molar refractivity (Wildman–Crippen MR) is 137 cm³/mol. The number of carbonyl (C=O) groups is 2. The highest BCUT2D eigenvalue weighted by molar-refractivity contribution is 6.33. The first-order valence-corrected chi connectivity index (χ1v) is 12.1. The van der Waals surface area contributed by atoms with Crippen molar-refractivity contribution in [2.45, 2.75) is 31.7 Å². The van der Waals surface area contributed by atoms with Gasteiger partial charge in [-0.15, -0.1) is 0 Å². The van der Waals surface area contributed by atoms with E-state index in [1.807, 2.05) is 0 Å². The summed E-state index contributed by atoms with van der Waals surface area (Å²) in [4.78, 5) is 29.4. The summed E-state index contributed by atoms with van der Waals surface area (Å²) < 4.78 is 14.8. The van der Waals surface area contributed by atoms with Gasteiger partial charge in [-0.2, -0.15) is 9.78 Å². The zero-order chi connectivity index (χ0) is 25.9. The number of nitrogens with one attached hydrogen (secondary N) is 2. The van der Waals surface area contributed by atoms with Crippen molar-refractivity contribution in [2.75, 3.05) is 5.32 Å². The number of amides is 2. The summed E-state index contributed by atoms with van der Waals surface area (Å²) in [5, 5.41) is 20.8. The Morgan fingerprint density at radius 2 is 1.95 bits per heavy atom. The fraction of sp³-hybridized carbons (Fsp3) is 0.185. The number of aromatic hydroxyl groups is 1. The number of hydrogen-bond acceptors (Lipinski definition) is 5. The summed E-state index contributed by atoms with van der Waals surface area (Å²) in [7, 11) is 0. The van der Waals surface area contributed by atoms with Crippen molar-refractivity contribution in [3.63, 3.8) is 0 Å². The summed E-state index contributed by atoms with van der Waals surface area (Å²) in [6.07, 6.45) is 4.43. The molecule has 2 aromatic heterocycles. The highest BCUT2D eigenvalue weighted by atomic mass is 35.5. The smallest absolute Gasteiger partial charge is 0.342 e. The molecular weight excluding hydrogens is 497 g/mol. The Labute approximate surface area is 217 Å². The van der Waals surface area contributed by atoms with Crippen LogP contribution in [0.1, 0.15) is 46.8 Å². The molecule has 0 radical (unpaired) electrons. The Hall–Kier alpha value is -4.24. The minimum atomic E-state index is -0.461. The fourth-order valence-corrected chi connectivity index (χ4v) is 4.37. The quantitative estimate of drug-likeness (QED) is 0.282. The van der Waals surface area contributed by atoms with E-state index in [9.17, 15) is 19.1 Å². The van der Waals surface area contributed by atoms with Crippen LogP contribution in [-0.2, 0) is 6.54 Å². The van der Waals surface area contributed by atoms with Gasteiger partial charge in [-0.25, -0.2) is 14.2 Å². The molecule has 1 aliphatic rings. The van der Waals surface area contributed by atoms with Crippen molar-refractivity contribution in [3.8, 4) is 17.0 Å². The van der Waals surface area contributed by atoms with Gasteiger partial charge >= 0.3 is 6.03 Å². The van der Waals surface area contributed by atoms with E-state index in [4.69, 9.17) is 11.6 Å². The van der Waals surface area contributed by atoms with E-state index < -0.39 is 11.9 Å². The highest BCUT2D eigenvalue weighted by Gasteiger charge is 2.27. The van der Waals surface area contributed by atoms with Gasteiger partial charge < -0.3 is 15.7 Å². The third kappa shape index (κ3) is 5.31. The van der Waals surface area contributed by atoms with E-state index in [0.717, 1.165) is 25.0 Å². The van der Waals surface area contributed by atoms with Gasteiger partial charge in [-0.1, -0.05) is 30.2 Å². The number of nitrogens with zero attached hydrogens (tertiary/aromatic N) is 3. The second-order valence-electron chi connectivity index (χ2n) is 8.81. The number of benzene rings is 2. The molecule has 0 saturated heterocycles. The minimum Gasteiger partial charge on any atom is -0.507 e. The Balaban J connectivity index is 1.36. The molecule has 1 saturated carbocycles. The van der Waals surface area contributed by atoms with Crippen LogP contribution in [0.4, 0.5) is 14.9 Å². The molecule has 0 bridgehead atoms. The normalized spacial score (nSPS) is 13.1. The molecule has 4 aromatic rings. The molecule has 1 aliphatic carbocycles. The van der Waals surface area contributed by atoms with Crippen molar-refractivity contribution in [1.29, 1.82) is 0 Å². The zero-order valence-corrected chi connectivity index (χ0v) is 20.4. The van der Waals surface area contributed by atoms with Crippen LogP contribution < -0.4 is 10.6 Å². The lowest BCUT2D eigenvalue weighted by molar-refractivity contribution is 0.102. The van der Waals surface area contributed by atoms with E-state index in [-0.39, 0.29) is 34.7 Å². The molecule has 0 atom stereocenters. The lowest BCUT2D eigenvalue weighted by Crippen LogP contribution is -2.31. The number of pyridine rings is 1. The SMILES string of the molecule is O=C(Nc1ccc(-c2cc(C3CCC3)n(C(=O)NCc3cccc(F)c3)n2)c(O)c1)c1cccnc1Cl. The van der Waals surface area contributed by atoms with Crippen molar-refractivity contribution >= 4 is 29.2 Å². The van der Waals surface area contributed by atoms with Gasteiger partial charge in [0.15, 0.2) is 0 Å². The van der Waals surface area contributed by atoms with Crippen LogP contribution in [0, 0.1) is 5.82 Å². The summed E-state index contributed by atoms with van der Waals surface area (Å²) in [6, 6.07) is 15.2. The first-order valence-electron chi connectivity index (χ1n) is 11.8. The molecule has 0 unspecified atom stereocenters.